The average Bonchev–Trinajstić information content (AvgIpc) is 2.90. The van der Waals surface area contributed by atoms with Gasteiger partial charge >= 0.3 is 0 Å². The van der Waals surface area contributed by atoms with Crippen molar-refractivity contribution >= 4 is 33.0 Å². The summed E-state index contributed by atoms with van der Waals surface area (Å²) >= 11 is 5.48. The van der Waals surface area contributed by atoms with Crippen LogP contribution in [0.5, 0.6) is 0 Å². The highest BCUT2D eigenvalue weighted by molar-refractivity contribution is 9.10. The van der Waals surface area contributed by atoms with Crippen LogP contribution in [0.15, 0.2) is 34.1 Å². The summed E-state index contributed by atoms with van der Waals surface area (Å²) in [5.74, 6) is 0. The molecular formula is C16H19BrN2S. The fourth-order valence-corrected chi connectivity index (χ4v) is 4.38. The third kappa shape index (κ3) is 2.52. The quantitative estimate of drug-likeness (QED) is 0.884. The molecule has 1 atom stereocenters. The largest absolute Gasteiger partial charge is 0.364 e. The molecule has 2 aromatic rings. The summed E-state index contributed by atoms with van der Waals surface area (Å²) in [5.41, 5.74) is 4.21. The summed E-state index contributed by atoms with van der Waals surface area (Å²) in [6.07, 6.45) is 1.16. The Morgan fingerprint density at radius 3 is 3.05 bits per heavy atom. The summed E-state index contributed by atoms with van der Waals surface area (Å²) in [5, 5.41) is 5.50. The SMILES string of the molecule is CNCc1cc(Br)ccc1N1CCc2sccc2C1C. The molecule has 0 fully saturated rings. The summed E-state index contributed by atoms with van der Waals surface area (Å²) in [6, 6.07) is 9.35. The molecule has 2 heterocycles. The van der Waals surface area contributed by atoms with Crippen LogP contribution in [-0.2, 0) is 13.0 Å². The maximum atomic E-state index is 3.58. The lowest BCUT2D eigenvalue weighted by atomic mass is 9.99. The van der Waals surface area contributed by atoms with Crippen molar-refractivity contribution in [1.82, 2.24) is 5.32 Å². The fourth-order valence-electron chi connectivity index (χ4n) is 3.00. The number of hydrogen-bond acceptors (Lipinski definition) is 3. The second-order valence-corrected chi connectivity index (χ2v) is 7.14. The molecule has 1 unspecified atom stereocenters. The molecule has 0 radical (unpaired) electrons. The summed E-state index contributed by atoms with van der Waals surface area (Å²) in [4.78, 5) is 4.09. The van der Waals surface area contributed by atoms with E-state index < -0.39 is 0 Å². The monoisotopic (exact) mass is 350 g/mol. The Balaban J connectivity index is 1.98. The van der Waals surface area contributed by atoms with Gasteiger partial charge in [-0.3, -0.25) is 0 Å². The van der Waals surface area contributed by atoms with Crippen molar-refractivity contribution in [1.29, 1.82) is 0 Å². The Bertz CT molecular complexity index is 608. The van der Waals surface area contributed by atoms with Crippen molar-refractivity contribution in [3.05, 3.63) is 50.1 Å². The zero-order chi connectivity index (χ0) is 14.1. The zero-order valence-corrected chi connectivity index (χ0v) is 14.2. The lowest BCUT2D eigenvalue weighted by molar-refractivity contribution is 0.627. The molecule has 0 aliphatic carbocycles. The standard InChI is InChI=1S/C16H19BrN2S/c1-11-14-6-8-20-16(14)5-7-19(11)15-4-3-13(17)9-12(15)10-18-2/h3-4,6,8-9,11,18H,5,7,10H2,1-2H3. The average molecular weight is 351 g/mol. The normalized spacial score (nSPS) is 18.1. The first-order chi connectivity index (χ1) is 9.70. The predicted octanol–water partition coefficient (Wildman–Crippen LogP) is 4.35. The number of hydrogen-bond donors (Lipinski definition) is 1. The number of benzene rings is 1. The lowest BCUT2D eigenvalue weighted by Gasteiger charge is -2.37. The maximum Gasteiger partial charge on any atom is 0.0525 e. The van der Waals surface area contributed by atoms with E-state index in [0.29, 0.717) is 6.04 Å². The van der Waals surface area contributed by atoms with E-state index in [-0.39, 0.29) is 0 Å². The van der Waals surface area contributed by atoms with Crippen molar-refractivity contribution in [3.8, 4) is 0 Å². The van der Waals surface area contributed by atoms with Crippen LogP contribution >= 0.6 is 27.3 Å². The third-order valence-corrected chi connectivity index (χ3v) is 5.49. The second-order valence-electron chi connectivity index (χ2n) is 5.22. The molecule has 0 amide bonds. The second kappa shape index (κ2) is 5.88. The molecule has 1 aliphatic rings. The van der Waals surface area contributed by atoms with Crippen molar-refractivity contribution in [2.24, 2.45) is 0 Å². The van der Waals surface area contributed by atoms with Crippen molar-refractivity contribution in [2.45, 2.75) is 25.9 Å². The summed E-state index contributed by atoms with van der Waals surface area (Å²) < 4.78 is 1.15. The molecule has 0 bridgehead atoms. The van der Waals surface area contributed by atoms with E-state index in [1.54, 1.807) is 4.88 Å². The van der Waals surface area contributed by atoms with Gasteiger partial charge in [-0.15, -0.1) is 11.3 Å². The Kier molecular flexibility index (Phi) is 4.15. The Hall–Kier alpha value is -0.840. The summed E-state index contributed by atoms with van der Waals surface area (Å²) in [7, 11) is 2.00. The number of halogens is 1. The van der Waals surface area contributed by atoms with E-state index >= 15 is 0 Å². The summed E-state index contributed by atoms with van der Waals surface area (Å²) in [6.45, 7) is 4.32. The van der Waals surface area contributed by atoms with Crippen LogP contribution in [0.3, 0.4) is 0 Å². The zero-order valence-electron chi connectivity index (χ0n) is 11.8. The topological polar surface area (TPSA) is 15.3 Å². The highest BCUT2D eigenvalue weighted by Crippen LogP contribution is 2.37. The van der Waals surface area contributed by atoms with Gasteiger partial charge in [0.05, 0.1) is 6.04 Å². The highest BCUT2D eigenvalue weighted by atomic mass is 79.9. The number of nitrogens with zero attached hydrogens (tertiary/aromatic N) is 1. The molecule has 4 heteroatoms. The predicted molar refractivity (Wildman–Crippen MR) is 90.7 cm³/mol. The van der Waals surface area contributed by atoms with Gasteiger partial charge in [0, 0.05) is 28.1 Å². The molecule has 2 nitrogen and oxygen atoms in total. The Morgan fingerprint density at radius 1 is 1.40 bits per heavy atom. The van der Waals surface area contributed by atoms with E-state index in [1.165, 1.54) is 16.8 Å². The van der Waals surface area contributed by atoms with Crippen LogP contribution in [-0.4, -0.2) is 13.6 Å². The van der Waals surface area contributed by atoms with Crippen LogP contribution in [0.4, 0.5) is 5.69 Å². The van der Waals surface area contributed by atoms with E-state index in [0.717, 1.165) is 24.0 Å². The van der Waals surface area contributed by atoms with Crippen LogP contribution in [0.2, 0.25) is 0 Å². The molecule has 106 valence electrons. The highest BCUT2D eigenvalue weighted by Gasteiger charge is 2.26. The van der Waals surface area contributed by atoms with Gasteiger partial charge in [-0.05, 0) is 61.2 Å². The molecule has 0 spiro atoms. The molecule has 1 aromatic carbocycles. The van der Waals surface area contributed by atoms with Gasteiger partial charge in [0.2, 0.25) is 0 Å². The smallest absolute Gasteiger partial charge is 0.0525 e. The Morgan fingerprint density at radius 2 is 2.25 bits per heavy atom. The molecule has 0 saturated carbocycles. The van der Waals surface area contributed by atoms with Crippen molar-refractivity contribution < 1.29 is 0 Å². The van der Waals surface area contributed by atoms with Crippen LogP contribution in [0.1, 0.15) is 29.0 Å². The minimum atomic E-state index is 0.460. The van der Waals surface area contributed by atoms with E-state index in [1.807, 2.05) is 18.4 Å². The van der Waals surface area contributed by atoms with Crippen molar-refractivity contribution in [2.75, 3.05) is 18.5 Å². The molecular weight excluding hydrogens is 332 g/mol. The number of nitrogens with one attached hydrogen (secondary N) is 1. The van der Waals surface area contributed by atoms with Crippen LogP contribution in [0.25, 0.3) is 0 Å². The first-order valence-electron chi connectivity index (χ1n) is 6.96. The van der Waals surface area contributed by atoms with Gasteiger partial charge in [-0.25, -0.2) is 0 Å². The molecule has 1 aromatic heterocycles. The number of rotatable bonds is 3. The molecule has 3 rings (SSSR count). The van der Waals surface area contributed by atoms with Gasteiger partial charge in [-0.1, -0.05) is 15.9 Å². The fraction of sp³-hybridized carbons (Fsp3) is 0.375. The molecule has 1 aliphatic heterocycles. The number of fused-ring (bicyclic) bond motifs is 1. The van der Waals surface area contributed by atoms with E-state index in [4.69, 9.17) is 0 Å². The maximum absolute atomic E-state index is 3.58. The minimum Gasteiger partial charge on any atom is -0.364 e. The first kappa shape index (κ1) is 14.1. The Labute approximate surface area is 132 Å². The van der Waals surface area contributed by atoms with E-state index in [9.17, 15) is 0 Å². The third-order valence-electron chi connectivity index (χ3n) is 4.00. The van der Waals surface area contributed by atoms with Crippen LogP contribution < -0.4 is 10.2 Å². The van der Waals surface area contributed by atoms with E-state index in [2.05, 4.69) is 62.7 Å². The minimum absolute atomic E-state index is 0.460. The lowest BCUT2D eigenvalue weighted by Crippen LogP contribution is -2.34. The van der Waals surface area contributed by atoms with Gasteiger partial charge in [0.15, 0.2) is 0 Å². The van der Waals surface area contributed by atoms with Gasteiger partial charge in [-0.2, -0.15) is 0 Å². The molecule has 20 heavy (non-hydrogen) atoms. The van der Waals surface area contributed by atoms with Crippen LogP contribution in [0, 0.1) is 0 Å². The number of thiophene rings is 1. The van der Waals surface area contributed by atoms with Gasteiger partial charge < -0.3 is 10.2 Å². The molecule has 1 N–H and O–H groups in total. The number of anilines is 1. The van der Waals surface area contributed by atoms with Crippen molar-refractivity contribution in [3.63, 3.8) is 0 Å². The van der Waals surface area contributed by atoms with Gasteiger partial charge in [0.25, 0.3) is 0 Å². The van der Waals surface area contributed by atoms with Gasteiger partial charge in [0.1, 0.15) is 0 Å². The molecule has 0 saturated heterocycles. The first-order valence-corrected chi connectivity index (χ1v) is 8.64.